The molecular formula is C20H18O2S. The van der Waals surface area contributed by atoms with Gasteiger partial charge in [-0.3, -0.25) is 0 Å². The minimum absolute atomic E-state index is 0.514. The van der Waals surface area contributed by atoms with E-state index in [2.05, 4.69) is 6.58 Å². The van der Waals surface area contributed by atoms with E-state index in [1.54, 1.807) is 17.4 Å². The van der Waals surface area contributed by atoms with Gasteiger partial charge in [0.1, 0.15) is 18.5 Å². The standard InChI is InChI=1S/C20H18O2S/c1-2-18-11-12-19(23-18)20(21)16-9-6-10-17(13-16)22-14-15-7-4-3-5-8-15/h2-13,20-21H,1,14H2. The zero-order chi connectivity index (χ0) is 16.1. The van der Waals surface area contributed by atoms with Gasteiger partial charge in [0.15, 0.2) is 0 Å². The predicted molar refractivity (Wildman–Crippen MR) is 95.7 cm³/mol. The van der Waals surface area contributed by atoms with Crippen LogP contribution in [-0.2, 0) is 6.61 Å². The number of hydrogen-bond acceptors (Lipinski definition) is 3. The van der Waals surface area contributed by atoms with Crippen LogP contribution in [0.3, 0.4) is 0 Å². The van der Waals surface area contributed by atoms with Gasteiger partial charge in [-0.2, -0.15) is 0 Å². The lowest BCUT2D eigenvalue weighted by Gasteiger charge is -2.12. The minimum Gasteiger partial charge on any atom is -0.489 e. The molecule has 1 atom stereocenters. The van der Waals surface area contributed by atoms with E-state index in [1.165, 1.54) is 0 Å². The summed E-state index contributed by atoms with van der Waals surface area (Å²) >= 11 is 1.54. The molecule has 0 saturated carbocycles. The summed E-state index contributed by atoms with van der Waals surface area (Å²) < 4.78 is 5.82. The highest BCUT2D eigenvalue weighted by Gasteiger charge is 2.13. The van der Waals surface area contributed by atoms with Crippen LogP contribution in [0.2, 0.25) is 0 Å². The van der Waals surface area contributed by atoms with E-state index in [9.17, 15) is 5.11 Å². The highest BCUT2D eigenvalue weighted by Crippen LogP contribution is 2.30. The highest BCUT2D eigenvalue weighted by atomic mass is 32.1. The third kappa shape index (κ3) is 3.89. The molecule has 0 aliphatic heterocycles. The van der Waals surface area contributed by atoms with Crippen molar-refractivity contribution >= 4 is 17.4 Å². The van der Waals surface area contributed by atoms with Crippen LogP contribution < -0.4 is 4.74 Å². The topological polar surface area (TPSA) is 29.5 Å². The molecule has 0 aliphatic carbocycles. The van der Waals surface area contributed by atoms with E-state index in [0.717, 1.165) is 26.6 Å². The molecule has 23 heavy (non-hydrogen) atoms. The number of rotatable bonds is 6. The van der Waals surface area contributed by atoms with Crippen LogP contribution in [0, 0.1) is 0 Å². The molecule has 1 N–H and O–H groups in total. The third-order valence-corrected chi connectivity index (χ3v) is 4.67. The van der Waals surface area contributed by atoms with E-state index in [-0.39, 0.29) is 0 Å². The Balaban J connectivity index is 1.72. The zero-order valence-corrected chi connectivity index (χ0v) is 13.5. The molecule has 0 saturated heterocycles. The Morgan fingerprint density at radius 1 is 1.04 bits per heavy atom. The Bertz CT molecular complexity index is 777. The first-order valence-electron chi connectivity index (χ1n) is 7.43. The summed E-state index contributed by atoms with van der Waals surface area (Å²) in [4.78, 5) is 1.95. The number of thiophene rings is 1. The molecule has 2 nitrogen and oxygen atoms in total. The van der Waals surface area contributed by atoms with E-state index in [4.69, 9.17) is 4.74 Å². The van der Waals surface area contributed by atoms with Gasteiger partial charge in [0, 0.05) is 9.75 Å². The van der Waals surface area contributed by atoms with Crippen LogP contribution in [0.25, 0.3) is 6.08 Å². The smallest absolute Gasteiger partial charge is 0.120 e. The number of ether oxygens (including phenoxy) is 1. The molecular weight excluding hydrogens is 304 g/mol. The van der Waals surface area contributed by atoms with Gasteiger partial charge < -0.3 is 9.84 Å². The van der Waals surface area contributed by atoms with Gasteiger partial charge in [-0.05, 0) is 35.4 Å². The minimum atomic E-state index is -0.644. The summed E-state index contributed by atoms with van der Waals surface area (Å²) in [5.74, 6) is 0.755. The molecule has 2 aromatic carbocycles. The molecule has 1 unspecified atom stereocenters. The van der Waals surface area contributed by atoms with Crippen molar-refractivity contribution in [3.63, 3.8) is 0 Å². The molecule has 0 spiro atoms. The normalized spacial score (nSPS) is 11.9. The van der Waals surface area contributed by atoms with Gasteiger partial charge in [-0.15, -0.1) is 11.3 Å². The Hall–Kier alpha value is -2.36. The quantitative estimate of drug-likeness (QED) is 0.688. The summed E-state index contributed by atoms with van der Waals surface area (Å²) in [5, 5.41) is 10.5. The second-order valence-corrected chi connectivity index (χ2v) is 6.34. The first-order valence-corrected chi connectivity index (χ1v) is 8.25. The van der Waals surface area contributed by atoms with Gasteiger partial charge in [-0.25, -0.2) is 0 Å². The molecule has 3 heteroatoms. The van der Waals surface area contributed by atoms with E-state index in [0.29, 0.717) is 6.61 Å². The van der Waals surface area contributed by atoms with Gasteiger partial charge in [0.05, 0.1) is 0 Å². The van der Waals surface area contributed by atoms with Crippen LogP contribution in [0.5, 0.6) is 5.75 Å². The molecule has 1 aromatic heterocycles. The van der Waals surface area contributed by atoms with Gasteiger partial charge in [0.25, 0.3) is 0 Å². The summed E-state index contributed by atoms with van der Waals surface area (Å²) in [5.41, 5.74) is 1.94. The first kappa shape index (κ1) is 15.5. The molecule has 3 aromatic rings. The predicted octanol–water partition coefficient (Wildman–Crippen LogP) is 5.05. The van der Waals surface area contributed by atoms with Crippen LogP contribution in [-0.4, -0.2) is 5.11 Å². The highest BCUT2D eigenvalue weighted by molar-refractivity contribution is 7.13. The van der Waals surface area contributed by atoms with Gasteiger partial charge in [-0.1, -0.05) is 55.1 Å². The summed E-state index contributed by atoms with van der Waals surface area (Å²) in [6.45, 7) is 4.27. The third-order valence-electron chi connectivity index (χ3n) is 3.54. The number of aliphatic hydroxyl groups is 1. The fourth-order valence-corrected chi connectivity index (χ4v) is 3.18. The second kappa shape index (κ2) is 7.27. The van der Waals surface area contributed by atoms with E-state index >= 15 is 0 Å². The van der Waals surface area contributed by atoms with Crippen molar-refractivity contribution in [3.05, 3.63) is 94.2 Å². The van der Waals surface area contributed by atoms with Crippen LogP contribution in [0.4, 0.5) is 0 Å². The van der Waals surface area contributed by atoms with Crippen molar-refractivity contribution in [1.29, 1.82) is 0 Å². The van der Waals surface area contributed by atoms with Crippen molar-refractivity contribution < 1.29 is 9.84 Å². The van der Waals surface area contributed by atoms with Crippen molar-refractivity contribution in [2.45, 2.75) is 12.7 Å². The summed E-state index contributed by atoms with van der Waals surface area (Å²) in [7, 11) is 0. The van der Waals surface area contributed by atoms with Crippen molar-refractivity contribution in [1.82, 2.24) is 0 Å². The van der Waals surface area contributed by atoms with Gasteiger partial charge in [0.2, 0.25) is 0 Å². The lowest BCUT2D eigenvalue weighted by atomic mass is 10.1. The molecule has 0 bridgehead atoms. The first-order chi connectivity index (χ1) is 11.3. The molecule has 0 aliphatic rings. The molecule has 0 fully saturated rings. The van der Waals surface area contributed by atoms with Crippen molar-refractivity contribution in [2.24, 2.45) is 0 Å². The van der Waals surface area contributed by atoms with E-state index < -0.39 is 6.10 Å². The Morgan fingerprint density at radius 2 is 1.87 bits per heavy atom. The van der Waals surface area contributed by atoms with Crippen LogP contribution in [0.15, 0.2) is 73.3 Å². The lowest BCUT2D eigenvalue weighted by molar-refractivity contribution is 0.223. The maximum Gasteiger partial charge on any atom is 0.120 e. The number of benzene rings is 2. The molecule has 116 valence electrons. The lowest BCUT2D eigenvalue weighted by Crippen LogP contribution is -1.99. The fourth-order valence-electron chi connectivity index (χ4n) is 2.30. The maximum atomic E-state index is 10.5. The monoisotopic (exact) mass is 322 g/mol. The Labute approximate surface area is 140 Å². The molecule has 0 amide bonds. The number of hydrogen-bond donors (Lipinski definition) is 1. The summed E-state index contributed by atoms with van der Waals surface area (Å²) in [6.07, 6.45) is 1.15. The average Bonchev–Trinajstić information content (AvgIpc) is 3.10. The largest absolute Gasteiger partial charge is 0.489 e. The van der Waals surface area contributed by atoms with Crippen molar-refractivity contribution in [3.8, 4) is 5.75 Å². The molecule has 3 rings (SSSR count). The fraction of sp³-hybridized carbons (Fsp3) is 0.100. The molecule has 0 radical (unpaired) electrons. The Kier molecular flexibility index (Phi) is 4.91. The SMILES string of the molecule is C=Cc1ccc(C(O)c2cccc(OCc3ccccc3)c2)s1. The Morgan fingerprint density at radius 3 is 2.61 bits per heavy atom. The second-order valence-electron chi connectivity index (χ2n) is 5.19. The average molecular weight is 322 g/mol. The number of aliphatic hydroxyl groups excluding tert-OH is 1. The molecule has 1 heterocycles. The van der Waals surface area contributed by atoms with Crippen LogP contribution in [0.1, 0.15) is 27.0 Å². The maximum absolute atomic E-state index is 10.5. The van der Waals surface area contributed by atoms with Crippen molar-refractivity contribution in [2.75, 3.05) is 0 Å². The zero-order valence-electron chi connectivity index (χ0n) is 12.7. The van der Waals surface area contributed by atoms with Gasteiger partial charge >= 0.3 is 0 Å². The van der Waals surface area contributed by atoms with E-state index in [1.807, 2.05) is 66.7 Å². The summed E-state index contributed by atoms with van der Waals surface area (Å²) in [6, 6.07) is 21.5. The van der Waals surface area contributed by atoms with Crippen LogP contribution >= 0.6 is 11.3 Å².